The number of anilines is 1. The van der Waals surface area contributed by atoms with Gasteiger partial charge in [-0.2, -0.15) is 5.10 Å². The summed E-state index contributed by atoms with van der Waals surface area (Å²) >= 11 is 0. The van der Waals surface area contributed by atoms with Gasteiger partial charge in [0.1, 0.15) is 5.82 Å². The van der Waals surface area contributed by atoms with Crippen molar-refractivity contribution in [2.75, 3.05) is 5.73 Å². The van der Waals surface area contributed by atoms with Crippen LogP contribution in [0.2, 0.25) is 0 Å². The van der Waals surface area contributed by atoms with Gasteiger partial charge in [0.2, 0.25) is 0 Å². The highest BCUT2D eigenvalue weighted by Crippen LogP contribution is 2.33. The van der Waals surface area contributed by atoms with Crippen LogP contribution in [-0.2, 0) is 6.42 Å². The second-order valence-electron chi connectivity index (χ2n) is 2.94. The maximum absolute atomic E-state index is 5.61. The molecule has 3 N–H and O–H groups in total. The summed E-state index contributed by atoms with van der Waals surface area (Å²) < 4.78 is 0. The number of hydrogen-bond acceptors (Lipinski definition) is 2. The molecule has 0 aromatic carbocycles. The van der Waals surface area contributed by atoms with E-state index < -0.39 is 0 Å². The normalized spacial score (nSPS) is 23.1. The van der Waals surface area contributed by atoms with Crippen molar-refractivity contribution in [1.82, 2.24) is 10.2 Å². The number of nitrogens with two attached hydrogens (primary N) is 1. The zero-order valence-corrected chi connectivity index (χ0v) is 6.02. The summed E-state index contributed by atoms with van der Waals surface area (Å²) in [6.45, 7) is 2.20. The Balaban J connectivity index is 2.53. The molecule has 1 aromatic rings. The van der Waals surface area contributed by atoms with Crippen LogP contribution in [0.3, 0.4) is 0 Å². The number of hydrogen-bond donors (Lipinski definition) is 2. The average molecular weight is 137 g/mol. The van der Waals surface area contributed by atoms with E-state index in [4.69, 9.17) is 5.73 Å². The zero-order valence-electron chi connectivity index (χ0n) is 6.02. The van der Waals surface area contributed by atoms with Gasteiger partial charge in [0.25, 0.3) is 0 Å². The third kappa shape index (κ3) is 0.574. The third-order valence-corrected chi connectivity index (χ3v) is 2.25. The van der Waals surface area contributed by atoms with E-state index in [2.05, 4.69) is 17.1 Å². The second-order valence-corrected chi connectivity index (χ2v) is 2.94. The van der Waals surface area contributed by atoms with E-state index in [1.54, 1.807) is 0 Å². The first-order valence-corrected chi connectivity index (χ1v) is 3.61. The van der Waals surface area contributed by atoms with Gasteiger partial charge < -0.3 is 5.73 Å². The number of nitrogens with one attached hydrogen (secondary N) is 1. The van der Waals surface area contributed by atoms with E-state index in [0.717, 1.165) is 6.42 Å². The number of rotatable bonds is 0. The molecule has 1 unspecified atom stereocenters. The highest BCUT2D eigenvalue weighted by molar-refractivity contribution is 5.45. The Labute approximate surface area is 59.6 Å². The molecule has 3 nitrogen and oxygen atoms in total. The first-order chi connectivity index (χ1) is 4.79. The molecule has 0 saturated heterocycles. The van der Waals surface area contributed by atoms with Crippen molar-refractivity contribution in [1.29, 1.82) is 0 Å². The molecule has 0 saturated carbocycles. The Morgan fingerprint density at radius 2 is 2.50 bits per heavy atom. The van der Waals surface area contributed by atoms with Crippen LogP contribution in [0.1, 0.15) is 30.5 Å². The predicted octanol–water partition coefficient (Wildman–Crippen LogP) is 1.04. The standard InChI is InChI=1S/C7H11N3/c1-4-2-3-5-6(4)9-10-7(5)8/h4H,2-3H2,1H3,(H3,8,9,10). The van der Waals surface area contributed by atoms with Crippen molar-refractivity contribution in [3.63, 3.8) is 0 Å². The lowest BCUT2D eigenvalue weighted by Crippen LogP contribution is -1.89. The summed E-state index contributed by atoms with van der Waals surface area (Å²) in [5.41, 5.74) is 8.10. The molecule has 1 heterocycles. The minimum Gasteiger partial charge on any atom is -0.382 e. The van der Waals surface area contributed by atoms with E-state index in [-0.39, 0.29) is 0 Å². The molecular weight excluding hydrogens is 126 g/mol. The van der Waals surface area contributed by atoms with E-state index in [1.807, 2.05) is 0 Å². The number of aromatic nitrogens is 2. The molecule has 10 heavy (non-hydrogen) atoms. The smallest absolute Gasteiger partial charge is 0.148 e. The largest absolute Gasteiger partial charge is 0.382 e. The molecule has 1 aliphatic carbocycles. The van der Waals surface area contributed by atoms with E-state index in [0.29, 0.717) is 11.7 Å². The molecule has 0 bridgehead atoms. The Bertz CT molecular complexity index is 251. The summed E-state index contributed by atoms with van der Waals surface area (Å²) in [6, 6.07) is 0. The fraction of sp³-hybridized carbons (Fsp3) is 0.571. The van der Waals surface area contributed by atoms with Crippen LogP contribution in [0, 0.1) is 0 Å². The molecule has 1 atom stereocenters. The number of H-pyrrole nitrogens is 1. The molecule has 2 rings (SSSR count). The third-order valence-electron chi connectivity index (χ3n) is 2.25. The Hall–Kier alpha value is -0.990. The van der Waals surface area contributed by atoms with Crippen LogP contribution in [-0.4, -0.2) is 10.2 Å². The second kappa shape index (κ2) is 1.75. The van der Waals surface area contributed by atoms with Gasteiger partial charge in [-0.15, -0.1) is 0 Å². The quantitative estimate of drug-likeness (QED) is 0.561. The monoisotopic (exact) mass is 137 g/mol. The van der Waals surface area contributed by atoms with Crippen LogP contribution in [0.15, 0.2) is 0 Å². The van der Waals surface area contributed by atoms with Crippen LogP contribution < -0.4 is 5.73 Å². The number of nitrogens with zero attached hydrogens (tertiary/aromatic N) is 1. The molecule has 0 amide bonds. The van der Waals surface area contributed by atoms with E-state index in [9.17, 15) is 0 Å². The first-order valence-electron chi connectivity index (χ1n) is 3.61. The Morgan fingerprint density at radius 1 is 1.70 bits per heavy atom. The summed E-state index contributed by atoms with van der Waals surface area (Å²) in [6.07, 6.45) is 2.31. The summed E-state index contributed by atoms with van der Waals surface area (Å²) in [5.74, 6) is 1.32. The number of aromatic amines is 1. The molecule has 0 aliphatic heterocycles. The molecule has 54 valence electrons. The van der Waals surface area contributed by atoms with E-state index >= 15 is 0 Å². The lowest BCUT2D eigenvalue weighted by atomic mass is 10.1. The van der Waals surface area contributed by atoms with Gasteiger partial charge in [-0.05, 0) is 18.8 Å². The van der Waals surface area contributed by atoms with Crippen molar-refractivity contribution >= 4 is 5.82 Å². The topological polar surface area (TPSA) is 54.7 Å². The fourth-order valence-corrected chi connectivity index (χ4v) is 1.57. The van der Waals surface area contributed by atoms with Crippen LogP contribution >= 0.6 is 0 Å². The van der Waals surface area contributed by atoms with Gasteiger partial charge in [-0.25, -0.2) is 0 Å². The molecule has 3 heteroatoms. The van der Waals surface area contributed by atoms with Crippen molar-refractivity contribution in [2.45, 2.75) is 25.7 Å². The van der Waals surface area contributed by atoms with Crippen LogP contribution in [0.5, 0.6) is 0 Å². The van der Waals surface area contributed by atoms with E-state index in [1.165, 1.54) is 17.7 Å². The van der Waals surface area contributed by atoms with Crippen molar-refractivity contribution in [3.8, 4) is 0 Å². The molecule has 0 fully saturated rings. The SMILES string of the molecule is CC1CCc2c(N)n[nH]c21. The van der Waals surface area contributed by atoms with Gasteiger partial charge in [-0.3, -0.25) is 5.10 Å². The van der Waals surface area contributed by atoms with Gasteiger partial charge >= 0.3 is 0 Å². The first kappa shape index (κ1) is 5.77. The predicted molar refractivity (Wildman–Crippen MR) is 39.7 cm³/mol. The van der Waals surface area contributed by atoms with Crippen molar-refractivity contribution in [2.24, 2.45) is 0 Å². The highest BCUT2D eigenvalue weighted by Gasteiger charge is 2.22. The maximum Gasteiger partial charge on any atom is 0.148 e. The van der Waals surface area contributed by atoms with Crippen LogP contribution in [0.25, 0.3) is 0 Å². The maximum atomic E-state index is 5.61. The Morgan fingerprint density at radius 3 is 3.20 bits per heavy atom. The lowest BCUT2D eigenvalue weighted by molar-refractivity contribution is 0.716. The fourth-order valence-electron chi connectivity index (χ4n) is 1.57. The summed E-state index contributed by atoms with van der Waals surface area (Å²) in [4.78, 5) is 0. The molecule has 0 radical (unpaired) electrons. The lowest BCUT2D eigenvalue weighted by Gasteiger charge is -1.95. The van der Waals surface area contributed by atoms with Gasteiger partial charge in [0.15, 0.2) is 0 Å². The number of nitrogen functional groups attached to an aromatic ring is 1. The van der Waals surface area contributed by atoms with Gasteiger partial charge in [0, 0.05) is 11.3 Å². The minimum absolute atomic E-state index is 0.625. The summed E-state index contributed by atoms with van der Waals surface area (Å²) in [5, 5.41) is 6.90. The zero-order chi connectivity index (χ0) is 7.14. The molecular formula is C7H11N3. The molecule has 1 aromatic heterocycles. The number of fused-ring (bicyclic) bond motifs is 1. The molecule has 0 spiro atoms. The minimum atomic E-state index is 0.625. The Kier molecular flexibility index (Phi) is 1.01. The van der Waals surface area contributed by atoms with Crippen LogP contribution in [0.4, 0.5) is 5.82 Å². The van der Waals surface area contributed by atoms with Gasteiger partial charge in [-0.1, -0.05) is 6.92 Å². The van der Waals surface area contributed by atoms with Gasteiger partial charge in [0.05, 0.1) is 0 Å². The van der Waals surface area contributed by atoms with Crippen molar-refractivity contribution < 1.29 is 0 Å². The summed E-state index contributed by atoms with van der Waals surface area (Å²) in [7, 11) is 0. The average Bonchev–Trinajstić information content (AvgIpc) is 2.41. The van der Waals surface area contributed by atoms with Crippen molar-refractivity contribution in [3.05, 3.63) is 11.3 Å². The highest BCUT2D eigenvalue weighted by atomic mass is 15.2. The molecule has 1 aliphatic rings.